The van der Waals surface area contributed by atoms with Gasteiger partial charge in [0.2, 0.25) is 5.91 Å². The predicted molar refractivity (Wildman–Crippen MR) is 70.8 cm³/mol. The van der Waals surface area contributed by atoms with Gasteiger partial charge in [-0.1, -0.05) is 0 Å². The van der Waals surface area contributed by atoms with Crippen LogP contribution in [0.15, 0.2) is 0 Å². The number of nitrogens with one attached hydrogen (secondary N) is 1. The van der Waals surface area contributed by atoms with E-state index in [1.54, 1.807) is 18.9 Å². The Kier molecular flexibility index (Phi) is 7.25. The molecule has 0 aromatic rings. The SMILES string of the molecule is CCOC(=O)N1CCC(C(=O)NCCCOC)CC1. The van der Waals surface area contributed by atoms with Gasteiger partial charge < -0.3 is 19.7 Å². The predicted octanol–water partition coefficient (Wildman–Crippen LogP) is 1.01. The molecule has 19 heavy (non-hydrogen) atoms. The summed E-state index contributed by atoms with van der Waals surface area (Å²) in [6.45, 7) is 4.66. The number of likely N-dealkylation sites (tertiary alicyclic amines) is 1. The van der Waals surface area contributed by atoms with E-state index < -0.39 is 0 Å². The van der Waals surface area contributed by atoms with Crippen LogP contribution in [-0.2, 0) is 14.3 Å². The van der Waals surface area contributed by atoms with Gasteiger partial charge in [-0.15, -0.1) is 0 Å². The van der Waals surface area contributed by atoms with Gasteiger partial charge in [0.15, 0.2) is 0 Å². The number of carbonyl (C=O) groups is 2. The number of amides is 2. The van der Waals surface area contributed by atoms with Gasteiger partial charge in [0.05, 0.1) is 6.61 Å². The van der Waals surface area contributed by atoms with E-state index in [2.05, 4.69) is 5.32 Å². The monoisotopic (exact) mass is 272 g/mol. The lowest BCUT2D eigenvalue weighted by Crippen LogP contribution is -2.43. The van der Waals surface area contributed by atoms with Crippen molar-refractivity contribution < 1.29 is 19.1 Å². The normalized spacial score (nSPS) is 16.2. The molecule has 1 aliphatic heterocycles. The summed E-state index contributed by atoms with van der Waals surface area (Å²) in [5, 5.41) is 2.90. The summed E-state index contributed by atoms with van der Waals surface area (Å²) >= 11 is 0. The molecule has 1 N–H and O–H groups in total. The van der Waals surface area contributed by atoms with Gasteiger partial charge in [0, 0.05) is 39.3 Å². The number of methoxy groups -OCH3 is 1. The van der Waals surface area contributed by atoms with Crippen molar-refractivity contribution >= 4 is 12.0 Å². The van der Waals surface area contributed by atoms with E-state index in [9.17, 15) is 9.59 Å². The molecule has 0 radical (unpaired) electrons. The Bertz CT molecular complexity index is 288. The minimum atomic E-state index is -0.276. The molecule has 110 valence electrons. The Hall–Kier alpha value is -1.30. The molecule has 0 spiro atoms. The molecule has 1 heterocycles. The quantitative estimate of drug-likeness (QED) is 0.733. The number of ether oxygens (including phenoxy) is 2. The average molecular weight is 272 g/mol. The molecule has 0 aromatic heterocycles. The maximum atomic E-state index is 11.9. The molecule has 0 unspecified atom stereocenters. The lowest BCUT2D eigenvalue weighted by atomic mass is 9.96. The molecule has 1 aliphatic rings. The number of carbonyl (C=O) groups excluding carboxylic acids is 2. The highest BCUT2D eigenvalue weighted by atomic mass is 16.6. The second-order valence-corrected chi connectivity index (χ2v) is 4.60. The van der Waals surface area contributed by atoms with Gasteiger partial charge in [-0.25, -0.2) is 4.79 Å². The number of rotatable bonds is 6. The van der Waals surface area contributed by atoms with Crippen molar-refractivity contribution in [2.24, 2.45) is 5.92 Å². The lowest BCUT2D eigenvalue weighted by molar-refractivity contribution is -0.126. The number of nitrogens with zero attached hydrogens (tertiary/aromatic N) is 1. The molecular formula is C13H24N2O4. The Labute approximate surface area is 114 Å². The summed E-state index contributed by atoms with van der Waals surface area (Å²) in [7, 11) is 1.65. The van der Waals surface area contributed by atoms with Gasteiger partial charge in [-0.05, 0) is 26.2 Å². The van der Waals surface area contributed by atoms with Crippen molar-refractivity contribution in [3.63, 3.8) is 0 Å². The minimum Gasteiger partial charge on any atom is -0.450 e. The zero-order chi connectivity index (χ0) is 14.1. The first-order valence-corrected chi connectivity index (χ1v) is 6.87. The minimum absolute atomic E-state index is 0.00761. The van der Waals surface area contributed by atoms with Crippen LogP contribution in [0.2, 0.25) is 0 Å². The summed E-state index contributed by atoms with van der Waals surface area (Å²) in [5.74, 6) is 0.0906. The zero-order valence-electron chi connectivity index (χ0n) is 11.8. The van der Waals surface area contributed by atoms with Crippen LogP contribution >= 0.6 is 0 Å². The van der Waals surface area contributed by atoms with E-state index in [1.165, 1.54) is 0 Å². The Morgan fingerprint density at radius 1 is 1.32 bits per heavy atom. The van der Waals surface area contributed by atoms with Crippen molar-refractivity contribution in [3.8, 4) is 0 Å². The second kappa shape index (κ2) is 8.74. The third-order valence-corrected chi connectivity index (χ3v) is 3.22. The average Bonchev–Trinajstić information content (AvgIpc) is 2.44. The molecule has 2 amide bonds. The van der Waals surface area contributed by atoms with Crippen LogP contribution in [0.1, 0.15) is 26.2 Å². The molecule has 6 nitrogen and oxygen atoms in total. The van der Waals surface area contributed by atoms with Crippen LogP contribution in [0.25, 0.3) is 0 Å². The Morgan fingerprint density at radius 2 is 2.00 bits per heavy atom. The Balaban J connectivity index is 2.21. The third kappa shape index (κ3) is 5.46. The van der Waals surface area contributed by atoms with Crippen LogP contribution < -0.4 is 5.32 Å². The summed E-state index contributed by atoms with van der Waals surface area (Å²) in [6.07, 6.45) is 1.95. The first kappa shape index (κ1) is 15.8. The maximum absolute atomic E-state index is 11.9. The van der Waals surface area contributed by atoms with Crippen molar-refractivity contribution in [2.75, 3.05) is 40.0 Å². The van der Waals surface area contributed by atoms with E-state index >= 15 is 0 Å². The van der Waals surface area contributed by atoms with Gasteiger partial charge >= 0.3 is 6.09 Å². The molecule has 1 saturated heterocycles. The van der Waals surface area contributed by atoms with Crippen LogP contribution in [-0.4, -0.2) is 56.9 Å². The lowest BCUT2D eigenvalue weighted by Gasteiger charge is -2.30. The highest BCUT2D eigenvalue weighted by molar-refractivity contribution is 5.79. The molecule has 0 saturated carbocycles. The first-order valence-electron chi connectivity index (χ1n) is 6.87. The fraction of sp³-hybridized carbons (Fsp3) is 0.846. The van der Waals surface area contributed by atoms with Gasteiger partial charge in [0.1, 0.15) is 0 Å². The maximum Gasteiger partial charge on any atom is 0.409 e. The molecule has 6 heteroatoms. The third-order valence-electron chi connectivity index (χ3n) is 3.22. The number of hydrogen-bond acceptors (Lipinski definition) is 4. The first-order chi connectivity index (χ1) is 9.19. The smallest absolute Gasteiger partial charge is 0.409 e. The summed E-state index contributed by atoms with van der Waals surface area (Å²) in [5.41, 5.74) is 0. The van der Waals surface area contributed by atoms with Crippen molar-refractivity contribution in [2.45, 2.75) is 26.2 Å². The van der Waals surface area contributed by atoms with E-state index in [0.717, 1.165) is 6.42 Å². The molecule has 1 rings (SSSR count). The summed E-state index contributed by atoms with van der Waals surface area (Å²) in [6, 6.07) is 0. The van der Waals surface area contributed by atoms with Crippen LogP contribution in [0.5, 0.6) is 0 Å². The standard InChI is InChI=1S/C13H24N2O4/c1-3-19-13(17)15-8-5-11(6-9-15)12(16)14-7-4-10-18-2/h11H,3-10H2,1-2H3,(H,14,16). The van der Waals surface area contributed by atoms with Crippen LogP contribution in [0, 0.1) is 5.92 Å². The second-order valence-electron chi connectivity index (χ2n) is 4.60. The molecule has 0 bridgehead atoms. The van der Waals surface area contributed by atoms with Crippen molar-refractivity contribution in [1.82, 2.24) is 10.2 Å². The van der Waals surface area contributed by atoms with Gasteiger partial charge in [-0.3, -0.25) is 4.79 Å². The molecule has 1 fully saturated rings. The van der Waals surface area contributed by atoms with Gasteiger partial charge in [0.25, 0.3) is 0 Å². The molecule has 0 aliphatic carbocycles. The van der Waals surface area contributed by atoms with Crippen molar-refractivity contribution in [1.29, 1.82) is 0 Å². The van der Waals surface area contributed by atoms with Crippen LogP contribution in [0.4, 0.5) is 4.79 Å². The Morgan fingerprint density at radius 3 is 2.58 bits per heavy atom. The summed E-state index contributed by atoms with van der Waals surface area (Å²) < 4.78 is 9.86. The highest BCUT2D eigenvalue weighted by Crippen LogP contribution is 2.17. The summed E-state index contributed by atoms with van der Waals surface area (Å²) in [4.78, 5) is 25.0. The topological polar surface area (TPSA) is 67.9 Å². The molecule has 0 aromatic carbocycles. The largest absolute Gasteiger partial charge is 0.450 e. The molecular weight excluding hydrogens is 248 g/mol. The zero-order valence-corrected chi connectivity index (χ0v) is 11.8. The van der Waals surface area contributed by atoms with E-state index in [0.29, 0.717) is 45.7 Å². The molecule has 0 atom stereocenters. The van der Waals surface area contributed by atoms with Gasteiger partial charge in [-0.2, -0.15) is 0 Å². The van der Waals surface area contributed by atoms with Crippen LogP contribution in [0.3, 0.4) is 0 Å². The van der Waals surface area contributed by atoms with E-state index in [4.69, 9.17) is 9.47 Å². The number of hydrogen-bond donors (Lipinski definition) is 1. The number of piperidine rings is 1. The fourth-order valence-electron chi connectivity index (χ4n) is 2.11. The fourth-order valence-corrected chi connectivity index (χ4v) is 2.11. The van der Waals surface area contributed by atoms with E-state index in [1.807, 2.05) is 0 Å². The highest BCUT2D eigenvalue weighted by Gasteiger charge is 2.27. The van der Waals surface area contributed by atoms with E-state index in [-0.39, 0.29) is 17.9 Å². The van der Waals surface area contributed by atoms with Crippen molar-refractivity contribution in [3.05, 3.63) is 0 Å².